The predicted molar refractivity (Wildman–Crippen MR) is 99.8 cm³/mol. The third kappa shape index (κ3) is 4.81. The van der Waals surface area contributed by atoms with E-state index in [4.69, 9.17) is 11.6 Å². The van der Waals surface area contributed by atoms with E-state index in [0.29, 0.717) is 11.6 Å². The fraction of sp³-hybridized carbons (Fsp3) is 0.444. The van der Waals surface area contributed by atoms with E-state index in [1.165, 1.54) is 5.56 Å². The number of aromatic nitrogens is 2. The van der Waals surface area contributed by atoms with Crippen molar-refractivity contribution in [3.63, 3.8) is 0 Å². The smallest absolute Gasteiger partial charge is 0.238 e. The highest BCUT2D eigenvalue weighted by Gasteiger charge is 2.19. The van der Waals surface area contributed by atoms with Gasteiger partial charge in [0.2, 0.25) is 5.91 Å². The average Bonchev–Trinajstić information content (AvgIpc) is 2.99. The number of benzene rings is 1. The highest BCUT2D eigenvalue weighted by Crippen LogP contribution is 2.18. The molecule has 0 aliphatic carbocycles. The molecule has 1 saturated heterocycles. The van der Waals surface area contributed by atoms with E-state index < -0.39 is 0 Å². The third-order valence-electron chi connectivity index (χ3n) is 4.66. The fourth-order valence-corrected chi connectivity index (χ4v) is 3.15. The van der Waals surface area contributed by atoms with Crippen molar-refractivity contribution in [3.8, 4) is 0 Å². The molecular weight excluding hydrogens is 338 g/mol. The Hall–Kier alpha value is -1.89. The van der Waals surface area contributed by atoms with Crippen LogP contribution in [0.5, 0.6) is 0 Å². The van der Waals surface area contributed by atoms with Crippen LogP contribution in [0.2, 0.25) is 5.02 Å². The van der Waals surface area contributed by atoms with Crippen molar-refractivity contribution in [1.29, 1.82) is 0 Å². The monoisotopic (exact) mass is 361 g/mol. The lowest BCUT2D eigenvalue weighted by Crippen LogP contribution is -2.48. The molecule has 0 bridgehead atoms. The lowest BCUT2D eigenvalue weighted by atomic mass is 10.1. The van der Waals surface area contributed by atoms with Gasteiger partial charge < -0.3 is 5.32 Å². The Bertz CT molecular complexity index is 737. The Balaban J connectivity index is 1.45. The molecule has 134 valence electrons. The van der Waals surface area contributed by atoms with Gasteiger partial charge in [0, 0.05) is 38.1 Å². The van der Waals surface area contributed by atoms with Crippen molar-refractivity contribution in [2.24, 2.45) is 0 Å². The molecular formula is C18H24ClN5O. The van der Waals surface area contributed by atoms with Crippen LogP contribution in [-0.2, 0) is 11.5 Å². The second kappa shape index (κ2) is 7.99. The number of carbonyl (C=O) groups excluding carboxylic acids is 1. The van der Waals surface area contributed by atoms with E-state index in [0.717, 1.165) is 44.1 Å². The zero-order valence-corrected chi connectivity index (χ0v) is 15.5. The van der Waals surface area contributed by atoms with Gasteiger partial charge in [-0.1, -0.05) is 23.7 Å². The summed E-state index contributed by atoms with van der Waals surface area (Å²) in [6, 6.07) is 5.97. The summed E-state index contributed by atoms with van der Waals surface area (Å²) in [6.07, 6.45) is 3.47. The first kappa shape index (κ1) is 17.9. The second-order valence-corrected chi connectivity index (χ2v) is 6.97. The van der Waals surface area contributed by atoms with Gasteiger partial charge in [0.25, 0.3) is 0 Å². The fourth-order valence-electron chi connectivity index (χ4n) is 2.99. The van der Waals surface area contributed by atoms with E-state index in [1.54, 1.807) is 6.20 Å². The molecule has 1 aliphatic heterocycles. The maximum absolute atomic E-state index is 12.3. The van der Waals surface area contributed by atoms with Gasteiger partial charge in [-0.05, 0) is 31.0 Å². The number of anilines is 1. The van der Waals surface area contributed by atoms with Crippen molar-refractivity contribution in [2.45, 2.75) is 20.5 Å². The topological polar surface area (TPSA) is 53.4 Å². The molecule has 6 nitrogen and oxygen atoms in total. The van der Waals surface area contributed by atoms with Crippen LogP contribution in [0.3, 0.4) is 0 Å². The highest BCUT2D eigenvalue weighted by molar-refractivity contribution is 6.30. The van der Waals surface area contributed by atoms with Gasteiger partial charge >= 0.3 is 0 Å². The van der Waals surface area contributed by atoms with Crippen molar-refractivity contribution in [1.82, 2.24) is 19.6 Å². The third-order valence-corrected chi connectivity index (χ3v) is 4.85. The summed E-state index contributed by atoms with van der Waals surface area (Å²) in [7, 11) is 0. The van der Waals surface area contributed by atoms with Crippen molar-refractivity contribution < 1.29 is 4.79 Å². The normalized spacial score (nSPS) is 16.1. The Labute approximate surface area is 153 Å². The lowest BCUT2D eigenvalue weighted by molar-refractivity contribution is -0.117. The first-order valence-electron chi connectivity index (χ1n) is 8.50. The number of rotatable bonds is 5. The summed E-state index contributed by atoms with van der Waals surface area (Å²) in [4.78, 5) is 16.8. The number of carbonyl (C=O) groups is 1. The minimum Gasteiger partial charge on any atom is -0.325 e. The quantitative estimate of drug-likeness (QED) is 0.888. The molecule has 0 spiro atoms. The summed E-state index contributed by atoms with van der Waals surface area (Å²) in [5, 5.41) is 7.89. The van der Waals surface area contributed by atoms with Gasteiger partial charge in [-0.25, -0.2) is 0 Å². The molecule has 0 saturated carbocycles. The van der Waals surface area contributed by atoms with E-state index in [2.05, 4.69) is 33.2 Å². The summed E-state index contributed by atoms with van der Waals surface area (Å²) in [6.45, 7) is 8.80. The molecule has 0 atom stereocenters. The van der Waals surface area contributed by atoms with Crippen LogP contribution < -0.4 is 5.32 Å². The molecule has 2 aromatic rings. The lowest BCUT2D eigenvalue weighted by Gasteiger charge is -2.34. The summed E-state index contributed by atoms with van der Waals surface area (Å²) in [5.41, 5.74) is 3.21. The Kier molecular flexibility index (Phi) is 5.73. The number of hydrogen-bond acceptors (Lipinski definition) is 4. The summed E-state index contributed by atoms with van der Waals surface area (Å²) >= 11 is 5.89. The second-order valence-electron chi connectivity index (χ2n) is 6.53. The first-order chi connectivity index (χ1) is 12.0. The van der Waals surface area contributed by atoms with Crippen LogP contribution in [0.4, 0.5) is 5.69 Å². The van der Waals surface area contributed by atoms with Crippen LogP contribution in [0.25, 0.3) is 0 Å². The van der Waals surface area contributed by atoms with Crippen molar-refractivity contribution >= 4 is 23.2 Å². The van der Waals surface area contributed by atoms with Crippen molar-refractivity contribution in [3.05, 3.63) is 46.7 Å². The molecule has 1 aliphatic rings. The van der Waals surface area contributed by atoms with E-state index in [-0.39, 0.29) is 5.91 Å². The largest absolute Gasteiger partial charge is 0.325 e. The molecule has 1 amide bonds. The number of nitrogens with zero attached hydrogens (tertiary/aromatic N) is 4. The van der Waals surface area contributed by atoms with Crippen LogP contribution in [0.15, 0.2) is 30.6 Å². The van der Waals surface area contributed by atoms with Gasteiger partial charge in [-0.3, -0.25) is 19.3 Å². The van der Waals surface area contributed by atoms with Crippen LogP contribution in [-0.4, -0.2) is 58.2 Å². The van der Waals surface area contributed by atoms with Gasteiger partial charge in [0.1, 0.15) is 0 Å². The van der Waals surface area contributed by atoms with Gasteiger partial charge in [-0.15, -0.1) is 0 Å². The number of aryl methyl sites for hydroxylation is 1. The Morgan fingerprint density at radius 1 is 1.20 bits per heavy atom. The highest BCUT2D eigenvalue weighted by atomic mass is 35.5. The van der Waals surface area contributed by atoms with E-state index in [9.17, 15) is 4.79 Å². The molecule has 25 heavy (non-hydrogen) atoms. The van der Waals surface area contributed by atoms with Crippen LogP contribution >= 0.6 is 11.6 Å². The molecule has 1 aromatic carbocycles. The molecule has 1 fully saturated rings. The first-order valence-corrected chi connectivity index (χ1v) is 8.88. The molecule has 7 heteroatoms. The van der Waals surface area contributed by atoms with Gasteiger partial charge in [0.15, 0.2) is 0 Å². The average molecular weight is 362 g/mol. The van der Waals surface area contributed by atoms with Crippen LogP contribution in [0.1, 0.15) is 11.1 Å². The minimum atomic E-state index is 0.0426. The predicted octanol–water partition coefficient (Wildman–Crippen LogP) is 2.37. The summed E-state index contributed by atoms with van der Waals surface area (Å²) in [5.74, 6) is 0.0426. The molecule has 2 heterocycles. The molecule has 3 rings (SSSR count). The Morgan fingerprint density at radius 2 is 1.92 bits per heavy atom. The molecule has 0 unspecified atom stereocenters. The van der Waals surface area contributed by atoms with Gasteiger partial charge in [0.05, 0.1) is 24.4 Å². The number of hydrogen-bond donors (Lipinski definition) is 1. The Morgan fingerprint density at radius 3 is 2.60 bits per heavy atom. The van der Waals surface area contributed by atoms with E-state index >= 15 is 0 Å². The zero-order valence-electron chi connectivity index (χ0n) is 14.7. The van der Waals surface area contributed by atoms with Gasteiger partial charge in [-0.2, -0.15) is 5.10 Å². The zero-order chi connectivity index (χ0) is 17.8. The van der Waals surface area contributed by atoms with E-state index in [1.807, 2.05) is 29.9 Å². The number of amides is 1. The standard InChI is InChI=1S/C18H24ClN5O/c1-14-4-3-5-17(15(14)2)21-18(25)12-22-6-8-23(9-7-22)13-24-11-16(19)10-20-24/h3-5,10-11H,6-9,12-13H2,1-2H3,(H,21,25). The SMILES string of the molecule is Cc1cccc(NC(=O)CN2CCN(Cn3cc(Cl)cn3)CC2)c1C. The number of nitrogens with one attached hydrogen (secondary N) is 1. The maximum Gasteiger partial charge on any atom is 0.238 e. The number of halogens is 1. The van der Waals surface area contributed by atoms with Crippen molar-refractivity contribution in [2.75, 3.05) is 38.0 Å². The van der Waals surface area contributed by atoms with Crippen LogP contribution in [0, 0.1) is 13.8 Å². The summed E-state index contributed by atoms with van der Waals surface area (Å²) < 4.78 is 1.84. The maximum atomic E-state index is 12.3. The minimum absolute atomic E-state index is 0.0426. The molecule has 1 N–H and O–H groups in total. The number of piperazine rings is 1. The molecule has 1 aromatic heterocycles. The molecule has 0 radical (unpaired) electrons.